The van der Waals surface area contributed by atoms with Crippen LogP contribution >= 0.6 is 0 Å². The highest BCUT2D eigenvalue weighted by atomic mass is 19.1. The van der Waals surface area contributed by atoms with Crippen molar-refractivity contribution in [2.45, 2.75) is 44.8 Å². The van der Waals surface area contributed by atoms with Gasteiger partial charge < -0.3 is 16.2 Å². The van der Waals surface area contributed by atoms with Gasteiger partial charge >= 0.3 is 0 Å². The summed E-state index contributed by atoms with van der Waals surface area (Å²) in [6.45, 7) is 1.71. The first-order chi connectivity index (χ1) is 8.08. The Balaban J connectivity index is 2.15. The van der Waals surface area contributed by atoms with Gasteiger partial charge in [-0.1, -0.05) is 12.8 Å². The van der Waals surface area contributed by atoms with Crippen LogP contribution in [0.3, 0.4) is 0 Å². The van der Waals surface area contributed by atoms with Gasteiger partial charge in [-0.2, -0.15) is 0 Å². The molecule has 2 atom stereocenters. The molecule has 0 aliphatic heterocycles. The Kier molecular flexibility index (Phi) is 3.52. The summed E-state index contributed by atoms with van der Waals surface area (Å²) in [7, 11) is 0. The molecule has 1 fully saturated rings. The Labute approximate surface area is 101 Å². The molecule has 17 heavy (non-hydrogen) atoms. The van der Waals surface area contributed by atoms with Crippen LogP contribution in [-0.2, 0) is 0 Å². The van der Waals surface area contributed by atoms with Gasteiger partial charge in [0.1, 0.15) is 5.82 Å². The molecule has 2 unspecified atom stereocenters. The standard InChI is InChI=1S/C13H19FN2O/c1-8-6-12(10(15)7-9(8)14)16-11-4-2-3-5-13(11)17/h6-7,11,13,16-17H,2-5,15H2,1H3. The van der Waals surface area contributed by atoms with Gasteiger partial charge in [0.25, 0.3) is 0 Å². The lowest BCUT2D eigenvalue weighted by molar-refractivity contribution is 0.116. The van der Waals surface area contributed by atoms with Crippen LogP contribution in [0.1, 0.15) is 31.2 Å². The van der Waals surface area contributed by atoms with Crippen molar-refractivity contribution >= 4 is 11.4 Å². The fourth-order valence-corrected chi connectivity index (χ4v) is 2.30. The lowest BCUT2D eigenvalue weighted by Crippen LogP contribution is -2.36. The molecule has 0 aromatic heterocycles. The molecule has 2 rings (SSSR count). The maximum atomic E-state index is 13.3. The number of hydrogen-bond donors (Lipinski definition) is 3. The smallest absolute Gasteiger partial charge is 0.128 e. The normalized spacial score (nSPS) is 24.6. The van der Waals surface area contributed by atoms with E-state index in [4.69, 9.17) is 5.73 Å². The van der Waals surface area contributed by atoms with Crippen molar-refractivity contribution in [3.8, 4) is 0 Å². The summed E-state index contributed by atoms with van der Waals surface area (Å²) in [5.74, 6) is -0.294. The number of nitrogen functional groups attached to an aromatic ring is 1. The first-order valence-electron chi connectivity index (χ1n) is 6.08. The average molecular weight is 238 g/mol. The highest BCUT2D eigenvalue weighted by Crippen LogP contribution is 2.27. The van der Waals surface area contributed by atoms with Crippen LogP contribution in [0.15, 0.2) is 12.1 Å². The van der Waals surface area contributed by atoms with E-state index in [1.165, 1.54) is 6.07 Å². The highest BCUT2D eigenvalue weighted by molar-refractivity contribution is 5.67. The second-order valence-electron chi connectivity index (χ2n) is 4.79. The van der Waals surface area contributed by atoms with Crippen molar-refractivity contribution in [3.05, 3.63) is 23.5 Å². The zero-order chi connectivity index (χ0) is 12.4. The molecule has 1 aromatic rings. The average Bonchev–Trinajstić information content (AvgIpc) is 2.29. The number of halogens is 1. The summed E-state index contributed by atoms with van der Waals surface area (Å²) < 4.78 is 13.3. The predicted octanol–water partition coefficient (Wildman–Crippen LogP) is 2.43. The molecule has 0 amide bonds. The topological polar surface area (TPSA) is 58.3 Å². The van der Waals surface area contributed by atoms with Crippen molar-refractivity contribution in [1.29, 1.82) is 0 Å². The Morgan fingerprint density at radius 3 is 2.76 bits per heavy atom. The first kappa shape index (κ1) is 12.2. The zero-order valence-corrected chi connectivity index (χ0v) is 10.0. The van der Waals surface area contributed by atoms with Crippen LogP contribution in [0.2, 0.25) is 0 Å². The van der Waals surface area contributed by atoms with E-state index in [9.17, 15) is 9.50 Å². The predicted molar refractivity (Wildman–Crippen MR) is 67.4 cm³/mol. The minimum absolute atomic E-state index is 0.0240. The molecular formula is C13H19FN2O. The number of aliphatic hydroxyl groups excluding tert-OH is 1. The lowest BCUT2D eigenvalue weighted by atomic mass is 9.92. The van der Waals surface area contributed by atoms with Gasteiger partial charge in [0.05, 0.1) is 23.5 Å². The molecule has 94 valence electrons. The van der Waals surface area contributed by atoms with E-state index in [0.29, 0.717) is 11.3 Å². The van der Waals surface area contributed by atoms with Gasteiger partial charge in [-0.25, -0.2) is 4.39 Å². The van der Waals surface area contributed by atoms with E-state index in [1.807, 2.05) is 0 Å². The fraction of sp³-hybridized carbons (Fsp3) is 0.538. The Hall–Kier alpha value is -1.29. The van der Waals surface area contributed by atoms with Gasteiger partial charge in [-0.05, 0) is 37.5 Å². The zero-order valence-electron chi connectivity index (χ0n) is 10.0. The van der Waals surface area contributed by atoms with Crippen molar-refractivity contribution in [1.82, 2.24) is 0 Å². The minimum atomic E-state index is -0.339. The van der Waals surface area contributed by atoms with Crippen LogP contribution < -0.4 is 11.1 Å². The van der Waals surface area contributed by atoms with E-state index >= 15 is 0 Å². The van der Waals surface area contributed by atoms with Gasteiger partial charge in [0.2, 0.25) is 0 Å². The SMILES string of the molecule is Cc1cc(NC2CCCCC2O)c(N)cc1F. The molecule has 1 saturated carbocycles. The van der Waals surface area contributed by atoms with Crippen LogP contribution in [-0.4, -0.2) is 17.3 Å². The quantitative estimate of drug-likeness (QED) is 0.693. The van der Waals surface area contributed by atoms with Crippen molar-refractivity contribution in [2.75, 3.05) is 11.1 Å². The summed E-state index contributed by atoms with van der Waals surface area (Å²) in [6.07, 6.45) is 3.58. The van der Waals surface area contributed by atoms with E-state index in [0.717, 1.165) is 31.4 Å². The minimum Gasteiger partial charge on any atom is -0.397 e. The molecule has 4 N–H and O–H groups in total. The Morgan fingerprint density at radius 2 is 2.06 bits per heavy atom. The lowest BCUT2D eigenvalue weighted by Gasteiger charge is -2.29. The van der Waals surface area contributed by atoms with E-state index < -0.39 is 0 Å². The molecule has 4 heteroatoms. The van der Waals surface area contributed by atoms with Gasteiger partial charge in [0.15, 0.2) is 0 Å². The Morgan fingerprint density at radius 1 is 1.35 bits per heavy atom. The van der Waals surface area contributed by atoms with E-state index in [-0.39, 0.29) is 18.0 Å². The van der Waals surface area contributed by atoms with Crippen LogP contribution in [0.5, 0.6) is 0 Å². The number of benzene rings is 1. The number of hydrogen-bond acceptors (Lipinski definition) is 3. The first-order valence-corrected chi connectivity index (χ1v) is 6.08. The largest absolute Gasteiger partial charge is 0.397 e. The Bertz CT molecular complexity index is 409. The molecule has 1 aliphatic carbocycles. The van der Waals surface area contributed by atoms with E-state index in [1.54, 1.807) is 13.0 Å². The second-order valence-corrected chi connectivity index (χ2v) is 4.79. The summed E-state index contributed by atoms with van der Waals surface area (Å²) in [4.78, 5) is 0. The third-order valence-electron chi connectivity index (χ3n) is 3.40. The number of aryl methyl sites for hydroxylation is 1. The summed E-state index contributed by atoms with van der Waals surface area (Å²) in [5.41, 5.74) is 7.44. The van der Waals surface area contributed by atoms with Crippen molar-refractivity contribution in [2.24, 2.45) is 0 Å². The van der Waals surface area contributed by atoms with Crippen LogP contribution in [0.4, 0.5) is 15.8 Å². The third kappa shape index (κ3) is 2.69. The molecule has 0 saturated heterocycles. The van der Waals surface area contributed by atoms with Gasteiger partial charge in [0, 0.05) is 0 Å². The maximum Gasteiger partial charge on any atom is 0.128 e. The molecular weight excluding hydrogens is 219 g/mol. The molecule has 3 nitrogen and oxygen atoms in total. The van der Waals surface area contributed by atoms with Gasteiger partial charge in [-0.15, -0.1) is 0 Å². The number of rotatable bonds is 2. The third-order valence-corrected chi connectivity index (χ3v) is 3.40. The summed E-state index contributed by atoms with van der Waals surface area (Å²) in [5, 5.41) is 13.1. The van der Waals surface area contributed by atoms with Crippen molar-refractivity contribution < 1.29 is 9.50 Å². The second kappa shape index (κ2) is 4.92. The molecule has 0 spiro atoms. The molecule has 1 aliphatic rings. The van der Waals surface area contributed by atoms with Crippen LogP contribution in [0.25, 0.3) is 0 Å². The molecule has 0 heterocycles. The molecule has 0 bridgehead atoms. The number of aliphatic hydroxyl groups is 1. The van der Waals surface area contributed by atoms with Crippen LogP contribution in [0, 0.1) is 12.7 Å². The van der Waals surface area contributed by atoms with Crippen molar-refractivity contribution in [3.63, 3.8) is 0 Å². The van der Waals surface area contributed by atoms with E-state index in [2.05, 4.69) is 5.32 Å². The monoisotopic (exact) mass is 238 g/mol. The van der Waals surface area contributed by atoms with Gasteiger partial charge in [-0.3, -0.25) is 0 Å². The summed E-state index contributed by atoms with van der Waals surface area (Å²) in [6, 6.07) is 3.05. The fourth-order valence-electron chi connectivity index (χ4n) is 2.30. The maximum absolute atomic E-state index is 13.3. The summed E-state index contributed by atoms with van der Waals surface area (Å²) >= 11 is 0. The highest BCUT2D eigenvalue weighted by Gasteiger charge is 2.23. The number of anilines is 2. The number of nitrogens with two attached hydrogens (primary N) is 1. The molecule has 1 aromatic carbocycles. The molecule has 0 radical (unpaired) electrons. The number of nitrogens with one attached hydrogen (secondary N) is 1.